The molecule has 2 N–H and O–H groups in total. The molecule has 2 heterocycles. The fourth-order valence-corrected chi connectivity index (χ4v) is 2.75. The summed E-state index contributed by atoms with van der Waals surface area (Å²) in [6, 6.07) is 0. The predicted molar refractivity (Wildman–Crippen MR) is 64.2 cm³/mol. The molecule has 2 rings (SSSR count). The summed E-state index contributed by atoms with van der Waals surface area (Å²) >= 11 is 1.95. The van der Waals surface area contributed by atoms with Crippen LogP contribution in [0.25, 0.3) is 0 Å². The average Bonchev–Trinajstić information content (AvgIpc) is 2.28. The largest absolute Gasteiger partial charge is 0.358 e. The van der Waals surface area contributed by atoms with Crippen LogP contribution >= 0.6 is 11.8 Å². The summed E-state index contributed by atoms with van der Waals surface area (Å²) in [5, 5.41) is 0. The lowest BCUT2D eigenvalue weighted by Crippen LogP contribution is -2.27. The van der Waals surface area contributed by atoms with E-state index in [1.54, 1.807) is 6.33 Å². The highest BCUT2D eigenvalue weighted by Gasteiger charge is 2.17. The molecule has 1 aliphatic rings. The van der Waals surface area contributed by atoms with Crippen molar-refractivity contribution in [3.63, 3.8) is 0 Å². The van der Waals surface area contributed by atoms with Gasteiger partial charge >= 0.3 is 0 Å². The molecule has 1 aliphatic heterocycles. The highest BCUT2D eigenvalue weighted by Crippen LogP contribution is 2.28. The summed E-state index contributed by atoms with van der Waals surface area (Å²) in [6.45, 7) is 1.50. The minimum atomic E-state index is 0.655. The Hall–Kier alpha value is -0.810. The summed E-state index contributed by atoms with van der Waals surface area (Å²) in [7, 11) is 2.04. The maximum atomic E-state index is 5.55. The van der Waals surface area contributed by atoms with Crippen LogP contribution < -0.4 is 10.6 Å². The molecule has 0 saturated carbocycles. The Morgan fingerprint density at radius 1 is 1.53 bits per heavy atom. The van der Waals surface area contributed by atoms with E-state index in [9.17, 15) is 0 Å². The number of nitrogens with zero attached hydrogens (tertiary/aromatic N) is 3. The summed E-state index contributed by atoms with van der Waals surface area (Å²) in [4.78, 5) is 10.8. The van der Waals surface area contributed by atoms with Gasteiger partial charge in [0.25, 0.3) is 0 Å². The molecule has 1 aromatic heterocycles. The first-order valence-corrected chi connectivity index (χ1v) is 6.30. The Morgan fingerprint density at radius 3 is 3.20 bits per heavy atom. The molecule has 0 saturated heterocycles. The van der Waals surface area contributed by atoms with E-state index in [2.05, 4.69) is 14.9 Å². The minimum absolute atomic E-state index is 0.655. The van der Waals surface area contributed by atoms with Crippen LogP contribution in [0.4, 0.5) is 5.82 Å². The molecule has 5 heteroatoms. The molecule has 0 amide bonds. The van der Waals surface area contributed by atoms with Crippen LogP contribution in [-0.2, 0) is 12.2 Å². The second kappa shape index (κ2) is 4.81. The first-order chi connectivity index (χ1) is 7.33. The summed E-state index contributed by atoms with van der Waals surface area (Å²) < 4.78 is 0. The van der Waals surface area contributed by atoms with E-state index >= 15 is 0 Å². The minimum Gasteiger partial charge on any atom is -0.358 e. The number of hydrogen-bond acceptors (Lipinski definition) is 5. The predicted octanol–water partition coefficient (Wildman–Crippen LogP) is 0.661. The van der Waals surface area contributed by atoms with Crippen molar-refractivity contribution in [2.45, 2.75) is 12.2 Å². The first-order valence-electron chi connectivity index (χ1n) is 5.14. The van der Waals surface area contributed by atoms with Gasteiger partial charge in [-0.3, -0.25) is 0 Å². The standard InChI is InChI=1S/C10H16N4S/c1-14(4-3-11)10-8-6-15-5-2-9(8)12-7-13-10/h7H,2-6,11H2,1H3. The maximum absolute atomic E-state index is 5.55. The zero-order valence-electron chi connectivity index (χ0n) is 8.94. The molecular formula is C10H16N4S. The lowest BCUT2D eigenvalue weighted by Gasteiger charge is -2.23. The van der Waals surface area contributed by atoms with Crippen LogP contribution in [0.5, 0.6) is 0 Å². The van der Waals surface area contributed by atoms with Gasteiger partial charge in [0, 0.05) is 31.5 Å². The van der Waals surface area contributed by atoms with E-state index in [-0.39, 0.29) is 0 Å². The summed E-state index contributed by atoms with van der Waals surface area (Å²) in [5.41, 5.74) is 8.06. The molecule has 0 spiro atoms. The van der Waals surface area contributed by atoms with Crippen molar-refractivity contribution >= 4 is 17.6 Å². The number of thioether (sulfide) groups is 1. The van der Waals surface area contributed by atoms with Gasteiger partial charge in [-0.05, 0) is 12.2 Å². The SMILES string of the molecule is CN(CCN)c1ncnc2c1CSCC2. The fraction of sp³-hybridized carbons (Fsp3) is 0.600. The molecule has 4 nitrogen and oxygen atoms in total. The van der Waals surface area contributed by atoms with E-state index < -0.39 is 0 Å². The second-order valence-electron chi connectivity index (χ2n) is 3.64. The van der Waals surface area contributed by atoms with Crippen LogP contribution in [0, 0.1) is 0 Å². The number of nitrogens with two attached hydrogens (primary N) is 1. The third kappa shape index (κ3) is 2.23. The van der Waals surface area contributed by atoms with E-state index in [1.807, 2.05) is 18.8 Å². The van der Waals surface area contributed by atoms with Crippen LogP contribution in [0.2, 0.25) is 0 Å². The Bertz CT molecular complexity index is 342. The zero-order valence-corrected chi connectivity index (χ0v) is 9.76. The summed E-state index contributed by atoms with van der Waals surface area (Å²) in [5.74, 6) is 3.25. The molecule has 0 radical (unpaired) electrons. The Morgan fingerprint density at radius 2 is 2.40 bits per heavy atom. The Labute approximate surface area is 94.3 Å². The van der Waals surface area contributed by atoms with Crippen molar-refractivity contribution in [1.29, 1.82) is 0 Å². The molecule has 0 atom stereocenters. The molecule has 82 valence electrons. The van der Waals surface area contributed by atoms with Gasteiger partial charge in [0.2, 0.25) is 0 Å². The first kappa shape index (κ1) is 10.7. The van der Waals surface area contributed by atoms with Gasteiger partial charge in [-0.15, -0.1) is 0 Å². The topological polar surface area (TPSA) is 55.0 Å². The molecule has 0 aliphatic carbocycles. The van der Waals surface area contributed by atoms with E-state index in [4.69, 9.17) is 5.73 Å². The van der Waals surface area contributed by atoms with Crippen molar-refractivity contribution in [2.24, 2.45) is 5.73 Å². The third-order valence-electron chi connectivity index (χ3n) is 2.57. The van der Waals surface area contributed by atoms with Crippen molar-refractivity contribution in [1.82, 2.24) is 9.97 Å². The van der Waals surface area contributed by atoms with Gasteiger partial charge in [0.1, 0.15) is 12.1 Å². The summed E-state index contributed by atoms with van der Waals surface area (Å²) in [6.07, 6.45) is 2.73. The van der Waals surface area contributed by atoms with Crippen LogP contribution in [0.3, 0.4) is 0 Å². The van der Waals surface area contributed by atoms with Gasteiger partial charge in [-0.25, -0.2) is 9.97 Å². The van der Waals surface area contributed by atoms with Crippen LogP contribution in [0.15, 0.2) is 6.33 Å². The number of hydrogen-bond donors (Lipinski definition) is 1. The molecule has 0 fully saturated rings. The monoisotopic (exact) mass is 224 g/mol. The second-order valence-corrected chi connectivity index (χ2v) is 4.74. The van der Waals surface area contributed by atoms with Crippen LogP contribution in [0.1, 0.15) is 11.3 Å². The molecule has 0 bridgehead atoms. The Balaban J connectivity index is 2.30. The van der Waals surface area contributed by atoms with E-state index in [1.165, 1.54) is 17.0 Å². The normalized spacial score (nSPS) is 14.8. The number of fused-ring (bicyclic) bond motifs is 1. The fourth-order valence-electron chi connectivity index (χ4n) is 1.77. The number of likely N-dealkylation sites (N-methyl/N-ethyl adjacent to an activating group) is 1. The quantitative estimate of drug-likeness (QED) is 0.817. The number of anilines is 1. The Kier molecular flexibility index (Phi) is 3.43. The lowest BCUT2D eigenvalue weighted by atomic mass is 10.2. The van der Waals surface area contributed by atoms with Crippen molar-refractivity contribution in [3.05, 3.63) is 17.6 Å². The lowest BCUT2D eigenvalue weighted by molar-refractivity contribution is 0.842. The highest BCUT2D eigenvalue weighted by atomic mass is 32.2. The van der Waals surface area contributed by atoms with Crippen molar-refractivity contribution in [2.75, 3.05) is 30.8 Å². The maximum Gasteiger partial charge on any atom is 0.136 e. The van der Waals surface area contributed by atoms with Gasteiger partial charge in [-0.1, -0.05) is 0 Å². The average molecular weight is 224 g/mol. The van der Waals surface area contributed by atoms with E-state index in [0.29, 0.717) is 6.54 Å². The highest BCUT2D eigenvalue weighted by molar-refractivity contribution is 7.98. The zero-order chi connectivity index (χ0) is 10.7. The molecule has 15 heavy (non-hydrogen) atoms. The van der Waals surface area contributed by atoms with Gasteiger partial charge in [0.15, 0.2) is 0 Å². The molecule has 0 unspecified atom stereocenters. The van der Waals surface area contributed by atoms with Gasteiger partial charge in [-0.2, -0.15) is 11.8 Å². The third-order valence-corrected chi connectivity index (χ3v) is 3.55. The van der Waals surface area contributed by atoms with Gasteiger partial charge < -0.3 is 10.6 Å². The van der Waals surface area contributed by atoms with Crippen molar-refractivity contribution < 1.29 is 0 Å². The molecule has 0 aromatic carbocycles. The van der Waals surface area contributed by atoms with Crippen LogP contribution in [-0.4, -0.2) is 35.9 Å². The number of aromatic nitrogens is 2. The van der Waals surface area contributed by atoms with Gasteiger partial charge in [0.05, 0.1) is 5.69 Å². The van der Waals surface area contributed by atoms with Crippen molar-refractivity contribution in [3.8, 4) is 0 Å². The number of aryl methyl sites for hydroxylation is 1. The smallest absolute Gasteiger partial charge is 0.136 e. The molecular weight excluding hydrogens is 208 g/mol. The van der Waals surface area contributed by atoms with E-state index in [0.717, 1.165) is 24.5 Å². The molecule has 1 aromatic rings. The number of rotatable bonds is 3.